The van der Waals surface area contributed by atoms with Gasteiger partial charge in [-0.1, -0.05) is 6.07 Å². The summed E-state index contributed by atoms with van der Waals surface area (Å²) in [4.78, 5) is 19.5. The highest BCUT2D eigenvalue weighted by Crippen LogP contribution is 2.36. The predicted octanol–water partition coefficient (Wildman–Crippen LogP) is 1.98. The molecule has 126 valence electrons. The van der Waals surface area contributed by atoms with E-state index in [2.05, 4.69) is 15.2 Å². The maximum absolute atomic E-state index is 13.0. The number of amides is 1. The van der Waals surface area contributed by atoms with Crippen molar-refractivity contribution in [2.45, 2.75) is 51.3 Å². The standard InChI is InChI=1S/C18H27N3O2/c1-2-23-17-12-16(17)18(22)21(13-14-6-3-4-10-20-14)15-7-5-9-19-11-8-15/h3-4,6,10,15-17,19H,2,5,7-9,11-13H2,1H3. The number of hydrogen-bond donors (Lipinski definition) is 1. The molecule has 23 heavy (non-hydrogen) atoms. The molecule has 1 N–H and O–H groups in total. The summed E-state index contributed by atoms with van der Waals surface area (Å²) in [7, 11) is 0. The molecule has 1 amide bonds. The van der Waals surface area contributed by atoms with Gasteiger partial charge in [0, 0.05) is 18.8 Å². The van der Waals surface area contributed by atoms with E-state index in [1.165, 1.54) is 0 Å². The Balaban J connectivity index is 1.71. The Morgan fingerprint density at radius 1 is 1.39 bits per heavy atom. The van der Waals surface area contributed by atoms with E-state index < -0.39 is 0 Å². The van der Waals surface area contributed by atoms with Gasteiger partial charge in [-0.2, -0.15) is 0 Å². The molecular weight excluding hydrogens is 290 g/mol. The van der Waals surface area contributed by atoms with Gasteiger partial charge in [0.1, 0.15) is 0 Å². The van der Waals surface area contributed by atoms with E-state index in [-0.39, 0.29) is 17.9 Å². The highest BCUT2D eigenvalue weighted by Gasteiger charge is 2.47. The summed E-state index contributed by atoms with van der Waals surface area (Å²) >= 11 is 0. The fourth-order valence-corrected chi connectivity index (χ4v) is 3.41. The molecule has 0 spiro atoms. The topological polar surface area (TPSA) is 54.5 Å². The lowest BCUT2D eigenvalue weighted by Gasteiger charge is -2.31. The zero-order valence-electron chi connectivity index (χ0n) is 13.9. The molecule has 2 aliphatic rings. The van der Waals surface area contributed by atoms with Crippen molar-refractivity contribution in [2.75, 3.05) is 19.7 Å². The van der Waals surface area contributed by atoms with Gasteiger partial charge in [-0.25, -0.2) is 0 Å². The van der Waals surface area contributed by atoms with E-state index in [0.29, 0.717) is 19.2 Å². The van der Waals surface area contributed by atoms with Crippen LogP contribution in [0.2, 0.25) is 0 Å². The smallest absolute Gasteiger partial charge is 0.229 e. The van der Waals surface area contributed by atoms with Crippen molar-refractivity contribution in [3.63, 3.8) is 0 Å². The van der Waals surface area contributed by atoms with Crippen LogP contribution in [-0.4, -0.2) is 47.6 Å². The fourth-order valence-electron chi connectivity index (χ4n) is 3.41. The predicted molar refractivity (Wildman–Crippen MR) is 88.8 cm³/mol. The highest BCUT2D eigenvalue weighted by atomic mass is 16.5. The minimum absolute atomic E-state index is 0.0508. The quantitative estimate of drug-likeness (QED) is 0.872. The molecular formula is C18H27N3O2. The Labute approximate surface area is 138 Å². The SMILES string of the molecule is CCOC1CC1C(=O)N(Cc1ccccn1)C1CCCNCC1. The van der Waals surface area contributed by atoms with Gasteiger partial charge in [-0.15, -0.1) is 0 Å². The molecule has 0 radical (unpaired) electrons. The number of carbonyl (C=O) groups excluding carboxylic acids is 1. The van der Waals surface area contributed by atoms with Crippen molar-refractivity contribution in [3.05, 3.63) is 30.1 Å². The van der Waals surface area contributed by atoms with E-state index in [9.17, 15) is 4.79 Å². The Morgan fingerprint density at radius 3 is 3.09 bits per heavy atom. The van der Waals surface area contributed by atoms with Crippen molar-refractivity contribution in [3.8, 4) is 0 Å². The lowest BCUT2D eigenvalue weighted by atomic mass is 10.1. The maximum atomic E-state index is 13.0. The second-order valence-corrected chi connectivity index (χ2v) is 6.46. The third-order valence-electron chi connectivity index (χ3n) is 4.76. The van der Waals surface area contributed by atoms with Crippen LogP contribution >= 0.6 is 0 Å². The molecule has 5 heteroatoms. The first kappa shape index (κ1) is 16.4. The Kier molecular flexibility index (Phi) is 5.62. The normalized spacial score (nSPS) is 27.3. The van der Waals surface area contributed by atoms with E-state index in [1.807, 2.05) is 25.1 Å². The molecule has 3 rings (SSSR count). The summed E-state index contributed by atoms with van der Waals surface area (Å²) < 4.78 is 5.62. The number of hydrogen-bond acceptors (Lipinski definition) is 4. The van der Waals surface area contributed by atoms with Crippen LogP contribution in [0.25, 0.3) is 0 Å². The van der Waals surface area contributed by atoms with Crippen LogP contribution in [0.4, 0.5) is 0 Å². The summed E-state index contributed by atoms with van der Waals surface area (Å²) in [6.45, 7) is 5.31. The monoisotopic (exact) mass is 317 g/mol. The molecule has 3 atom stereocenters. The summed E-state index contributed by atoms with van der Waals surface area (Å²) in [6, 6.07) is 6.21. The Morgan fingerprint density at radius 2 is 2.30 bits per heavy atom. The molecule has 1 aromatic rings. The van der Waals surface area contributed by atoms with Gasteiger partial charge in [-0.05, 0) is 57.8 Å². The highest BCUT2D eigenvalue weighted by molar-refractivity contribution is 5.82. The van der Waals surface area contributed by atoms with Gasteiger partial charge < -0.3 is 15.0 Å². The molecule has 1 aliphatic carbocycles. The van der Waals surface area contributed by atoms with Gasteiger partial charge in [0.25, 0.3) is 0 Å². The van der Waals surface area contributed by atoms with Gasteiger partial charge in [0.15, 0.2) is 0 Å². The van der Waals surface area contributed by atoms with E-state index >= 15 is 0 Å². The van der Waals surface area contributed by atoms with Crippen LogP contribution in [0.15, 0.2) is 24.4 Å². The largest absolute Gasteiger partial charge is 0.378 e. The van der Waals surface area contributed by atoms with Crippen molar-refractivity contribution in [1.82, 2.24) is 15.2 Å². The van der Waals surface area contributed by atoms with Crippen molar-refractivity contribution in [2.24, 2.45) is 5.92 Å². The van der Waals surface area contributed by atoms with Crippen LogP contribution in [0, 0.1) is 5.92 Å². The van der Waals surface area contributed by atoms with Crippen molar-refractivity contribution >= 4 is 5.91 Å². The van der Waals surface area contributed by atoms with Gasteiger partial charge in [0.05, 0.1) is 24.3 Å². The fraction of sp³-hybridized carbons (Fsp3) is 0.667. The van der Waals surface area contributed by atoms with E-state index in [1.54, 1.807) is 6.20 Å². The zero-order valence-corrected chi connectivity index (χ0v) is 13.9. The lowest BCUT2D eigenvalue weighted by molar-refractivity contribution is -0.137. The molecule has 1 aliphatic heterocycles. The van der Waals surface area contributed by atoms with Crippen molar-refractivity contribution in [1.29, 1.82) is 0 Å². The van der Waals surface area contributed by atoms with E-state index in [0.717, 1.165) is 44.5 Å². The number of rotatable bonds is 6. The third-order valence-corrected chi connectivity index (χ3v) is 4.76. The maximum Gasteiger partial charge on any atom is 0.229 e. The molecule has 0 bridgehead atoms. The summed E-state index contributed by atoms with van der Waals surface area (Å²) in [5.41, 5.74) is 0.965. The average molecular weight is 317 g/mol. The molecule has 1 aromatic heterocycles. The number of nitrogens with zero attached hydrogens (tertiary/aromatic N) is 2. The third kappa shape index (κ3) is 4.30. The molecule has 1 saturated heterocycles. The van der Waals surface area contributed by atoms with Gasteiger partial charge >= 0.3 is 0 Å². The van der Waals surface area contributed by atoms with Crippen molar-refractivity contribution < 1.29 is 9.53 Å². The molecule has 5 nitrogen and oxygen atoms in total. The number of nitrogens with one attached hydrogen (secondary N) is 1. The minimum Gasteiger partial charge on any atom is -0.378 e. The molecule has 3 unspecified atom stereocenters. The number of ether oxygens (including phenoxy) is 1. The average Bonchev–Trinajstić information content (AvgIpc) is 3.37. The van der Waals surface area contributed by atoms with Crippen LogP contribution in [-0.2, 0) is 16.1 Å². The second-order valence-electron chi connectivity index (χ2n) is 6.46. The number of pyridine rings is 1. The minimum atomic E-state index is 0.0508. The van der Waals surface area contributed by atoms with E-state index in [4.69, 9.17) is 4.74 Å². The zero-order chi connectivity index (χ0) is 16.1. The van der Waals surface area contributed by atoms with Gasteiger partial charge in [-0.3, -0.25) is 9.78 Å². The van der Waals surface area contributed by atoms with Gasteiger partial charge in [0.2, 0.25) is 5.91 Å². The molecule has 2 fully saturated rings. The van der Waals surface area contributed by atoms with Crippen LogP contribution in [0.1, 0.15) is 38.3 Å². The lowest BCUT2D eigenvalue weighted by Crippen LogP contribution is -2.42. The van der Waals surface area contributed by atoms with Crippen LogP contribution < -0.4 is 5.32 Å². The van der Waals surface area contributed by atoms with Crippen LogP contribution in [0.3, 0.4) is 0 Å². The summed E-state index contributed by atoms with van der Waals surface area (Å²) in [5.74, 6) is 0.302. The summed E-state index contributed by atoms with van der Waals surface area (Å²) in [6.07, 6.45) is 6.00. The molecule has 1 saturated carbocycles. The van der Waals surface area contributed by atoms with Crippen LogP contribution in [0.5, 0.6) is 0 Å². The first-order chi connectivity index (χ1) is 11.3. The molecule has 2 heterocycles. The number of aromatic nitrogens is 1. The molecule has 0 aromatic carbocycles. The first-order valence-corrected chi connectivity index (χ1v) is 8.82. The second kappa shape index (κ2) is 7.88. The Hall–Kier alpha value is -1.46. The summed E-state index contributed by atoms with van der Waals surface area (Å²) in [5, 5.41) is 3.43. The number of carbonyl (C=O) groups is 1. The Bertz CT molecular complexity index is 500. The first-order valence-electron chi connectivity index (χ1n) is 8.82.